The van der Waals surface area contributed by atoms with Gasteiger partial charge in [0.05, 0.1) is 0 Å². The summed E-state index contributed by atoms with van der Waals surface area (Å²) in [4.78, 5) is 16.8. The third-order valence-electron chi connectivity index (χ3n) is 4.59. The number of benzene rings is 3. The molecule has 0 bridgehead atoms. The summed E-state index contributed by atoms with van der Waals surface area (Å²) in [6.45, 7) is 0.133. The molecule has 4 nitrogen and oxygen atoms in total. The van der Waals surface area contributed by atoms with Gasteiger partial charge in [-0.15, -0.1) is 11.3 Å². The van der Waals surface area contributed by atoms with Gasteiger partial charge >= 0.3 is 0 Å². The summed E-state index contributed by atoms with van der Waals surface area (Å²) in [6.07, 6.45) is 0. The molecule has 0 aliphatic rings. The fourth-order valence-corrected chi connectivity index (χ4v) is 3.72. The quantitative estimate of drug-likeness (QED) is 0.388. The third-order valence-corrected chi connectivity index (χ3v) is 5.48. The van der Waals surface area contributed by atoms with Crippen LogP contribution in [0.1, 0.15) is 21.6 Å². The molecule has 3 aromatic carbocycles. The lowest BCUT2D eigenvalue weighted by Crippen LogP contribution is -2.23. The van der Waals surface area contributed by atoms with E-state index in [4.69, 9.17) is 4.74 Å². The van der Waals surface area contributed by atoms with Crippen LogP contribution >= 0.6 is 11.3 Å². The Kier molecular flexibility index (Phi) is 6.51. The molecule has 0 atom stereocenters. The minimum Gasteiger partial charge on any atom is -0.489 e. The van der Waals surface area contributed by atoms with Crippen molar-refractivity contribution in [3.8, 4) is 16.3 Å². The smallest absolute Gasteiger partial charge is 0.271 e. The van der Waals surface area contributed by atoms with Gasteiger partial charge < -0.3 is 10.1 Å². The summed E-state index contributed by atoms with van der Waals surface area (Å²) in [5.74, 6) is -1.29. The molecule has 1 amide bonds. The Morgan fingerprint density at radius 3 is 2.56 bits per heavy atom. The lowest BCUT2D eigenvalue weighted by Gasteiger charge is -2.08. The van der Waals surface area contributed by atoms with Crippen molar-refractivity contribution in [1.29, 1.82) is 0 Å². The van der Waals surface area contributed by atoms with E-state index in [2.05, 4.69) is 10.3 Å². The highest BCUT2D eigenvalue weighted by Gasteiger charge is 2.13. The van der Waals surface area contributed by atoms with E-state index in [1.165, 1.54) is 23.5 Å². The van der Waals surface area contributed by atoms with E-state index in [9.17, 15) is 18.0 Å². The SMILES string of the molecule is O=C(NCc1ccc(F)cc1)c1csc(-c2cccc(OCc3cc(F)ccc3F)c2)n1. The first-order valence-corrected chi connectivity index (χ1v) is 10.5. The van der Waals surface area contributed by atoms with Crippen LogP contribution < -0.4 is 10.1 Å². The molecule has 0 fully saturated rings. The number of thiazole rings is 1. The summed E-state index contributed by atoms with van der Waals surface area (Å²) >= 11 is 1.30. The number of carbonyl (C=O) groups is 1. The van der Waals surface area contributed by atoms with Gasteiger partial charge in [-0.25, -0.2) is 18.2 Å². The van der Waals surface area contributed by atoms with E-state index < -0.39 is 11.6 Å². The summed E-state index contributed by atoms with van der Waals surface area (Å²) < 4.78 is 45.7. The van der Waals surface area contributed by atoms with E-state index in [-0.39, 0.29) is 36.1 Å². The number of rotatable bonds is 7. The normalized spacial score (nSPS) is 10.7. The second-order valence-corrected chi connectivity index (χ2v) is 7.76. The number of aromatic nitrogens is 1. The van der Waals surface area contributed by atoms with Gasteiger partial charge in [0.15, 0.2) is 0 Å². The molecule has 0 radical (unpaired) electrons. The van der Waals surface area contributed by atoms with Crippen LogP contribution in [0, 0.1) is 17.5 Å². The molecule has 0 saturated carbocycles. The van der Waals surface area contributed by atoms with Crippen molar-refractivity contribution in [2.24, 2.45) is 0 Å². The number of ether oxygens (including phenoxy) is 1. The molecule has 1 heterocycles. The number of hydrogen-bond acceptors (Lipinski definition) is 4. The number of carbonyl (C=O) groups excluding carboxylic acids is 1. The Labute approximate surface area is 186 Å². The Morgan fingerprint density at radius 1 is 0.969 bits per heavy atom. The van der Waals surface area contributed by atoms with E-state index in [0.29, 0.717) is 10.8 Å². The molecular formula is C24H17F3N2O2S. The standard InChI is InChI=1S/C24H17F3N2O2S/c25-18-6-4-15(5-7-18)12-28-23(30)22-14-32-24(29-22)16-2-1-3-20(11-16)31-13-17-10-19(26)8-9-21(17)27/h1-11,14H,12-13H2,(H,28,30). The zero-order valence-electron chi connectivity index (χ0n) is 16.6. The van der Waals surface area contributed by atoms with E-state index in [1.807, 2.05) is 6.07 Å². The Hall–Kier alpha value is -3.65. The van der Waals surface area contributed by atoms with Crippen LogP contribution in [0.3, 0.4) is 0 Å². The zero-order chi connectivity index (χ0) is 22.5. The van der Waals surface area contributed by atoms with Gasteiger partial charge in [-0.05, 0) is 48.0 Å². The molecular weight excluding hydrogens is 437 g/mol. The van der Waals surface area contributed by atoms with E-state index >= 15 is 0 Å². The maximum absolute atomic E-state index is 13.8. The first-order valence-electron chi connectivity index (χ1n) is 9.63. The number of hydrogen-bond donors (Lipinski definition) is 1. The largest absolute Gasteiger partial charge is 0.489 e. The topological polar surface area (TPSA) is 51.2 Å². The lowest BCUT2D eigenvalue weighted by atomic mass is 10.2. The Morgan fingerprint density at radius 2 is 1.75 bits per heavy atom. The molecule has 1 N–H and O–H groups in total. The predicted molar refractivity (Wildman–Crippen MR) is 116 cm³/mol. The van der Waals surface area contributed by atoms with Gasteiger partial charge in [-0.2, -0.15) is 0 Å². The fraction of sp³-hybridized carbons (Fsp3) is 0.0833. The van der Waals surface area contributed by atoms with Crippen molar-refractivity contribution >= 4 is 17.2 Å². The highest BCUT2D eigenvalue weighted by molar-refractivity contribution is 7.13. The van der Waals surface area contributed by atoms with Crippen molar-refractivity contribution in [3.63, 3.8) is 0 Å². The Bertz CT molecular complexity index is 1240. The minimum atomic E-state index is -0.543. The number of nitrogens with zero attached hydrogens (tertiary/aromatic N) is 1. The van der Waals surface area contributed by atoms with Crippen LogP contribution in [0.25, 0.3) is 10.6 Å². The van der Waals surface area contributed by atoms with Crippen molar-refractivity contribution in [1.82, 2.24) is 10.3 Å². The predicted octanol–water partition coefficient (Wildman–Crippen LogP) is 5.74. The second-order valence-electron chi connectivity index (χ2n) is 6.90. The Balaban J connectivity index is 1.40. The van der Waals surface area contributed by atoms with Crippen LogP contribution in [-0.2, 0) is 13.2 Å². The van der Waals surface area contributed by atoms with Crippen LogP contribution in [0.4, 0.5) is 13.2 Å². The summed E-state index contributed by atoms with van der Waals surface area (Å²) in [5.41, 5.74) is 1.88. The van der Waals surface area contributed by atoms with E-state index in [0.717, 1.165) is 29.3 Å². The zero-order valence-corrected chi connectivity index (χ0v) is 17.5. The van der Waals surface area contributed by atoms with Crippen LogP contribution in [0.2, 0.25) is 0 Å². The average molecular weight is 454 g/mol. The molecule has 4 rings (SSSR count). The first kappa shape index (κ1) is 21.6. The molecule has 0 unspecified atom stereocenters. The van der Waals surface area contributed by atoms with Crippen LogP contribution in [-0.4, -0.2) is 10.9 Å². The van der Waals surface area contributed by atoms with Crippen molar-refractivity contribution in [2.75, 3.05) is 0 Å². The van der Waals surface area contributed by atoms with Crippen LogP contribution in [0.5, 0.6) is 5.75 Å². The van der Waals surface area contributed by atoms with Gasteiger partial charge in [-0.1, -0.05) is 24.3 Å². The van der Waals surface area contributed by atoms with Crippen molar-refractivity contribution < 1.29 is 22.7 Å². The summed E-state index contributed by atoms with van der Waals surface area (Å²) in [6, 6.07) is 16.1. The summed E-state index contributed by atoms with van der Waals surface area (Å²) in [5, 5.41) is 5.01. The molecule has 1 aromatic heterocycles. The van der Waals surface area contributed by atoms with Crippen LogP contribution in [0.15, 0.2) is 72.1 Å². The highest BCUT2D eigenvalue weighted by Crippen LogP contribution is 2.27. The molecule has 8 heteroatoms. The maximum Gasteiger partial charge on any atom is 0.271 e. The van der Waals surface area contributed by atoms with Crippen molar-refractivity contribution in [3.05, 3.63) is 106 Å². The minimum absolute atomic E-state index is 0.116. The monoisotopic (exact) mass is 454 g/mol. The molecule has 0 saturated heterocycles. The van der Waals surface area contributed by atoms with Gasteiger partial charge in [0.1, 0.15) is 40.5 Å². The molecule has 0 aliphatic heterocycles. The van der Waals surface area contributed by atoms with Gasteiger partial charge in [0.2, 0.25) is 0 Å². The van der Waals surface area contributed by atoms with E-state index in [1.54, 1.807) is 35.7 Å². The van der Waals surface area contributed by atoms with Crippen molar-refractivity contribution in [2.45, 2.75) is 13.2 Å². The third kappa shape index (κ3) is 5.33. The number of nitrogens with one attached hydrogen (secondary N) is 1. The van der Waals surface area contributed by atoms with Gasteiger partial charge in [0.25, 0.3) is 5.91 Å². The molecule has 32 heavy (non-hydrogen) atoms. The summed E-state index contributed by atoms with van der Waals surface area (Å²) in [7, 11) is 0. The molecule has 4 aromatic rings. The van der Waals surface area contributed by atoms with Gasteiger partial charge in [-0.3, -0.25) is 4.79 Å². The fourth-order valence-electron chi connectivity index (χ4n) is 2.92. The lowest BCUT2D eigenvalue weighted by molar-refractivity contribution is 0.0946. The number of halogens is 3. The van der Waals surface area contributed by atoms with Gasteiger partial charge in [0, 0.05) is 23.1 Å². The molecule has 162 valence electrons. The highest BCUT2D eigenvalue weighted by atomic mass is 32.1. The number of amides is 1. The maximum atomic E-state index is 13.8. The molecule has 0 aliphatic carbocycles. The molecule has 0 spiro atoms. The average Bonchev–Trinajstić information content (AvgIpc) is 3.30. The second kappa shape index (κ2) is 9.65. The first-order chi connectivity index (χ1) is 15.5.